The van der Waals surface area contributed by atoms with Gasteiger partial charge in [-0.15, -0.1) is 0 Å². The van der Waals surface area contributed by atoms with E-state index in [2.05, 4.69) is 6.07 Å². The van der Waals surface area contributed by atoms with Gasteiger partial charge < -0.3 is 15.5 Å². The third-order valence-corrected chi connectivity index (χ3v) is 7.55. The zero-order valence-corrected chi connectivity index (χ0v) is 16.8. The van der Waals surface area contributed by atoms with Crippen molar-refractivity contribution in [3.05, 3.63) is 35.1 Å². The van der Waals surface area contributed by atoms with E-state index in [-0.39, 0.29) is 30.0 Å². The van der Waals surface area contributed by atoms with Crippen LogP contribution < -0.4 is 5.73 Å². The highest BCUT2D eigenvalue weighted by molar-refractivity contribution is 5.95. The van der Waals surface area contributed by atoms with Gasteiger partial charge in [0.2, 0.25) is 5.91 Å². The Morgan fingerprint density at radius 3 is 2.29 bits per heavy atom. The van der Waals surface area contributed by atoms with Crippen molar-refractivity contribution >= 4 is 11.8 Å². The Hall–Kier alpha value is -2.60. The van der Waals surface area contributed by atoms with Crippen molar-refractivity contribution in [1.29, 1.82) is 5.26 Å². The molecule has 9 heteroatoms. The standard InChI is InChI=1S/C22H23F3N4O2/c23-16-8-18(25)17(24)7-15(16)21(30)28-12-1-2-13(28)5-11(4-12)20(27)22(31)29-14(9-26)3-10-6-19(10)29/h7-8,10-14,19-20H,1-6,27H2/t10?,11?,12-,13?,14?,19?,20-/m0/s1. The molecule has 0 radical (unpaired) electrons. The summed E-state index contributed by atoms with van der Waals surface area (Å²) in [6.45, 7) is 0. The van der Waals surface area contributed by atoms with E-state index in [1.807, 2.05) is 0 Å². The van der Waals surface area contributed by atoms with E-state index in [1.165, 1.54) is 0 Å². The lowest BCUT2D eigenvalue weighted by molar-refractivity contribution is -0.135. The van der Waals surface area contributed by atoms with E-state index >= 15 is 0 Å². The number of hydrogen-bond acceptors (Lipinski definition) is 4. The summed E-state index contributed by atoms with van der Waals surface area (Å²) in [6, 6.07) is 1.68. The number of amides is 2. The zero-order chi connectivity index (χ0) is 22.0. The first-order chi connectivity index (χ1) is 14.8. The van der Waals surface area contributed by atoms with Crippen LogP contribution in [0.4, 0.5) is 13.2 Å². The van der Waals surface area contributed by atoms with Crippen LogP contribution in [0.1, 0.15) is 48.9 Å². The fraction of sp³-hybridized carbons (Fsp3) is 0.591. The van der Waals surface area contributed by atoms with Crippen LogP contribution in [0.25, 0.3) is 0 Å². The molecule has 3 saturated heterocycles. The minimum absolute atomic E-state index is 0.123. The monoisotopic (exact) mass is 432 g/mol. The van der Waals surface area contributed by atoms with Crippen LogP contribution in [0.2, 0.25) is 0 Å². The molecule has 1 aliphatic carbocycles. The highest BCUT2D eigenvalue weighted by atomic mass is 19.2. The van der Waals surface area contributed by atoms with Crippen LogP contribution in [0, 0.1) is 40.6 Å². The molecule has 3 aliphatic heterocycles. The largest absolute Gasteiger partial charge is 0.333 e. The summed E-state index contributed by atoms with van der Waals surface area (Å²) in [5.41, 5.74) is 5.88. The highest BCUT2D eigenvalue weighted by Crippen LogP contribution is 2.48. The van der Waals surface area contributed by atoms with Gasteiger partial charge in [-0.25, -0.2) is 13.2 Å². The van der Waals surface area contributed by atoms with Gasteiger partial charge in [-0.05, 0) is 56.4 Å². The second-order valence-electron chi connectivity index (χ2n) is 9.29. The first-order valence-electron chi connectivity index (χ1n) is 10.7. The van der Waals surface area contributed by atoms with E-state index < -0.39 is 41.0 Å². The maximum Gasteiger partial charge on any atom is 0.257 e. The number of halogens is 3. The lowest BCUT2D eigenvalue weighted by Gasteiger charge is -2.41. The van der Waals surface area contributed by atoms with E-state index in [0.29, 0.717) is 50.2 Å². The predicted molar refractivity (Wildman–Crippen MR) is 103 cm³/mol. The fourth-order valence-electron chi connectivity index (χ4n) is 5.93. The van der Waals surface area contributed by atoms with E-state index in [4.69, 9.17) is 5.73 Å². The van der Waals surface area contributed by atoms with Gasteiger partial charge in [-0.1, -0.05) is 0 Å². The van der Waals surface area contributed by atoms with Crippen LogP contribution in [-0.2, 0) is 4.79 Å². The summed E-state index contributed by atoms with van der Waals surface area (Å²) < 4.78 is 41.0. The number of hydrogen-bond donors (Lipinski definition) is 1. The molecule has 2 amide bonds. The normalized spacial score (nSPS) is 34.3. The third-order valence-electron chi connectivity index (χ3n) is 7.55. The number of nitrogens with zero attached hydrogens (tertiary/aromatic N) is 3. The lowest BCUT2D eigenvalue weighted by atomic mass is 9.84. The van der Waals surface area contributed by atoms with Crippen molar-refractivity contribution in [1.82, 2.24) is 9.80 Å². The average Bonchev–Trinajstić information content (AvgIpc) is 3.34. The minimum Gasteiger partial charge on any atom is -0.333 e. The Morgan fingerprint density at radius 2 is 1.65 bits per heavy atom. The van der Waals surface area contributed by atoms with Gasteiger partial charge in [0.1, 0.15) is 11.9 Å². The quantitative estimate of drug-likeness (QED) is 0.743. The van der Waals surface area contributed by atoms with Crippen LogP contribution in [0.5, 0.6) is 0 Å². The van der Waals surface area contributed by atoms with E-state index in [1.54, 1.807) is 9.80 Å². The molecule has 2 bridgehead atoms. The SMILES string of the molecule is N#CC1CC2CC2N1C(=O)[C@@H](N)C1CC2CC[C@@H](C1)N2C(=O)c1cc(F)c(F)cc1F. The number of fused-ring (bicyclic) bond motifs is 3. The molecule has 6 nitrogen and oxygen atoms in total. The van der Waals surface area contributed by atoms with Gasteiger partial charge in [0, 0.05) is 24.2 Å². The van der Waals surface area contributed by atoms with Gasteiger partial charge in [-0.3, -0.25) is 9.59 Å². The van der Waals surface area contributed by atoms with Gasteiger partial charge in [0.25, 0.3) is 5.91 Å². The van der Waals surface area contributed by atoms with Gasteiger partial charge in [0.05, 0.1) is 17.7 Å². The molecule has 0 aromatic heterocycles. The second kappa shape index (κ2) is 7.23. The Balaban J connectivity index is 1.31. The first-order valence-corrected chi connectivity index (χ1v) is 10.7. The Morgan fingerprint density at radius 1 is 1.00 bits per heavy atom. The maximum atomic E-state index is 14.2. The summed E-state index contributed by atoms with van der Waals surface area (Å²) >= 11 is 0. The summed E-state index contributed by atoms with van der Waals surface area (Å²) in [5, 5.41) is 9.36. The van der Waals surface area contributed by atoms with Crippen LogP contribution >= 0.6 is 0 Å². The second-order valence-corrected chi connectivity index (χ2v) is 9.29. The van der Waals surface area contributed by atoms with Crippen molar-refractivity contribution in [3.63, 3.8) is 0 Å². The van der Waals surface area contributed by atoms with Crippen LogP contribution in [0.3, 0.4) is 0 Å². The van der Waals surface area contributed by atoms with Crippen molar-refractivity contribution < 1.29 is 22.8 Å². The molecular formula is C22H23F3N4O2. The molecule has 1 saturated carbocycles. The third kappa shape index (κ3) is 3.19. The topological polar surface area (TPSA) is 90.4 Å². The zero-order valence-electron chi connectivity index (χ0n) is 16.8. The number of piperidine rings is 2. The molecule has 2 N–H and O–H groups in total. The molecular weight excluding hydrogens is 409 g/mol. The summed E-state index contributed by atoms with van der Waals surface area (Å²) in [5.74, 6) is -4.30. The molecule has 1 aromatic carbocycles. The molecule has 4 aliphatic rings. The maximum absolute atomic E-state index is 14.2. The molecule has 5 unspecified atom stereocenters. The number of nitriles is 1. The van der Waals surface area contributed by atoms with Gasteiger partial charge in [0.15, 0.2) is 11.6 Å². The molecule has 5 rings (SSSR count). The average molecular weight is 432 g/mol. The first kappa shape index (κ1) is 20.3. The smallest absolute Gasteiger partial charge is 0.257 e. The summed E-state index contributed by atoms with van der Waals surface area (Å²) in [6.07, 6.45) is 3.98. The number of nitrogens with two attached hydrogens (primary N) is 1. The van der Waals surface area contributed by atoms with Crippen molar-refractivity contribution in [2.75, 3.05) is 0 Å². The number of carbonyl (C=O) groups is 2. The molecule has 4 fully saturated rings. The molecule has 7 atom stereocenters. The molecule has 0 spiro atoms. The van der Waals surface area contributed by atoms with E-state index in [9.17, 15) is 28.0 Å². The summed E-state index contributed by atoms with van der Waals surface area (Å²) in [4.78, 5) is 29.2. The van der Waals surface area contributed by atoms with Crippen LogP contribution in [0.15, 0.2) is 12.1 Å². The van der Waals surface area contributed by atoms with E-state index in [0.717, 1.165) is 6.42 Å². The van der Waals surface area contributed by atoms with Crippen molar-refractivity contribution in [3.8, 4) is 6.07 Å². The van der Waals surface area contributed by atoms with Gasteiger partial charge >= 0.3 is 0 Å². The predicted octanol–water partition coefficient (Wildman–Crippen LogP) is 2.33. The minimum atomic E-state index is -1.34. The molecule has 3 heterocycles. The number of benzene rings is 1. The van der Waals surface area contributed by atoms with Crippen molar-refractivity contribution in [2.45, 2.75) is 68.7 Å². The molecule has 164 valence electrons. The van der Waals surface area contributed by atoms with Crippen LogP contribution in [-0.4, -0.2) is 51.8 Å². The Kier molecular flexibility index (Phi) is 4.74. The highest BCUT2D eigenvalue weighted by Gasteiger charge is 2.56. The molecule has 31 heavy (non-hydrogen) atoms. The lowest BCUT2D eigenvalue weighted by Crippen LogP contribution is -2.55. The van der Waals surface area contributed by atoms with Crippen molar-refractivity contribution in [2.24, 2.45) is 17.6 Å². The number of rotatable bonds is 3. The Bertz CT molecular complexity index is 982. The molecule has 1 aromatic rings. The fourth-order valence-corrected chi connectivity index (χ4v) is 5.93. The Labute approximate surface area is 177 Å². The van der Waals surface area contributed by atoms with Gasteiger partial charge in [-0.2, -0.15) is 5.26 Å². The number of carbonyl (C=O) groups excluding carboxylic acids is 2. The number of likely N-dealkylation sites (tertiary alicyclic amines) is 1. The summed E-state index contributed by atoms with van der Waals surface area (Å²) in [7, 11) is 0.